The summed E-state index contributed by atoms with van der Waals surface area (Å²) < 4.78 is 29.2. The van der Waals surface area contributed by atoms with Crippen LogP contribution in [-0.4, -0.2) is 23.2 Å². The third kappa shape index (κ3) is 3.13. The molecule has 2 aromatic rings. The van der Waals surface area contributed by atoms with Crippen molar-refractivity contribution < 1.29 is 8.42 Å². The molecule has 0 fully saturated rings. The Morgan fingerprint density at radius 3 is 2.68 bits per heavy atom. The molecule has 0 aliphatic rings. The Labute approximate surface area is 120 Å². The molecular formula is C11H13BrN4O2S. The zero-order chi connectivity index (χ0) is 14.0. The van der Waals surface area contributed by atoms with E-state index in [9.17, 15) is 8.42 Å². The van der Waals surface area contributed by atoms with Gasteiger partial charge in [0.25, 0.3) is 10.0 Å². The van der Waals surface area contributed by atoms with Crippen LogP contribution in [-0.2, 0) is 16.6 Å². The summed E-state index contributed by atoms with van der Waals surface area (Å²) in [7, 11) is -3.66. The predicted molar refractivity (Wildman–Crippen MR) is 75.4 cm³/mol. The molecule has 0 bridgehead atoms. The minimum absolute atomic E-state index is 0.166. The van der Waals surface area contributed by atoms with Crippen molar-refractivity contribution in [2.45, 2.75) is 25.3 Å². The van der Waals surface area contributed by atoms with Crippen molar-refractivity contribution in [3.05, 3.63) is 34.7 Å². The van der Waals surface area contributed by atoms with E-state index in [1.165, 1.54) is 12.4 Å². The van der Waals surface area contributed by atoms with Gasteiger partial charge in [-0.15, -0.1) is 0 Å². The molecule has 0 aliphatic heterocycles. The Kier molecular flexibility index (Phi) is 3.91. The van der Waals surface area contributed by atoms with Gasteiger partial charge in [0.15, 0.2) is 0 Å². The predicted octanol–water partition coefficient (Wildman–Crippen LogP) is 2.17. The number of hydrogen-bond donors (Lipinski definition) is 1. The maximum Gasteiger partial charge on any atom is 0.266 e. The van der Waals surface area contributed by atoms with Crippen LogP contribution in [0.1, 0.15) is 12.6 Å². The molecule has 2 aromatic heterocycles. The first kappa shape index (κ1) is 14.0. The van der Waals surface area contributed by atoms with Crippen LogP contribution < -0.4 is 4.72 Å². The third-order valence-corrected chi connectivity index (χ3v) is 4.41. The zero-order valence-electron chi connectivity index (χ0n) is 10.5. The van der Waals surface area contributed by atoms with Gasteiger partial charge in [-0.25, -0.2) is 13.4 Å². The van der Waals surface area contributed by atoms with Gasteiger partial charge in [0.1, 0.15) is 10.7 Å². The molecule has 0 aromatic carbocycles. The topological polar surface area (TPSA) is 76.9 Å². The first-order valence-corrected chi connectivity index (χ1v) is 7.88. The number of rotatable bonds is 4. The van der Waals surface area contributed by atoms with Crippen LogP contribution >= 0.6 is 15.9 Å². The van der Waals surface area contributed by atoms with E-state index in [1.54, 1.807) is 23.7 Å². The summed E-state index contributed by atoms with van der Waals surface area (Å²) in [5, 5.41) is 4.12. The van der Waals surface area contributed by atoms with Crippen molar-refractivity contribution in [2.24, 2.45) is 0 Å². The lowest BCUT2D eigenvalue weighted by molar-refractivity contribution is 0.600. The standard InChI is InChI=1S/C11H13BrN4O2S/c1-3-16-7-10(8(2)14-16)19(17,18)15-11-5-4-9(12)6-13-11/h4-7H,3H2,1-2H3,(H,13,15). The fraction of sp³-hybridized carbons (Fsp3) is 0.273. The van der Waals surface area contributed by atoms with Crippen LogP contribution in [0.5, 0.6) is 0 Å². The molecule has 0 radical (unpaired) electrons. The minimum Gasteiger partial charge on any atom is -0.271 e. The first-order valence-electron chi connectivity index (χ1n) is 5.61. The Bertz CT molecular complexity index is 679. The highest BCUT2D eigenvalue weighted by molar-refractivity contribution is 9.10. The lowest BCUT2D eigenvalue weighted by Gasteiger charge is -2.05. The molecule has 1 N–H and O–H groups in total. The van der Waals surface area contributed by atoms with Gasteiger partial charge in [-0.05, 0) is 41.9 Å². The number of hydrogen-bond acceptors (Lipinski definition) is 4. The maximum absolute atomic E-state index is 12.2. The van der Waals surface area contributed by atoms with E-state index in [2.05, 4.69) is 30.7 Å². The van der Waals surface area contributed by atoms with E-state index >= 15 is 0 Å². The third-order valence-electron chi connectivity index (χ3n) is 2.48. The van der Waals surface area contributed by atoms with Crippen molar-refractivity contribution in [3.63, 3.8) is 0 Å². The fourth-order valence-electron chi connectivity index (χ4n) is 1.55. The summed E-state index contributed by atoms with van der Waals surface area (Å²) in [4.78, 5) is 4.15. The number of sulfonamides is 1. The quantitative estimate of drug-likeness (QED) is 0.921. The van der Waals surface area contributed by atoms with Crippen molar-refractivity contribution in [1.29, 1.82) is 0 Å². The zero-order valence-corrected chi connectivity index (χ0v) is 12.9. The van der Waals surface area contributed by atoms with Crippen molar-refractivity contribution in [2.75, 3.05) is 4.72 Å². The Balaban J connectivity index is 2.31. The van der Waals surface area contributed by atoms with Crippen molar-refractivity contribution in [1.82, 2.24) is 14.8 Å². The number of aromatic nitrogens is 3. The van der Waals surface area contributed by atoms with E-state index in [0.717, 1.165) is 4.47 Å². The molecule has 8 heteroatoms. The van der Waals surface area contributed by atoms with Crippen LogP contribution in [0.4, 0.5) is 5.82 Å². The molecule has 0 atom stereocenters. The van der Waals surface area contributed by atoms with Crippen LogP contribution in [0, 0.1) is 6.92 Å². The largest absolute Gasteiger partial charge is 0.271 e. The number of nitrogens with one attached hydrogen (secondary N) is 1. The lowest BCUT2D eigenvalue weighted by Crippen LogP contribution is -2.14. The van der Waals surface area contributed by atoms with Gasteiger partial charge in [-0.2, -0.15) is 5.10 Å². The van der Waals surface area contributed by atoms with Gasteiger partial charge in [-0.1, -0.05) is 0 Å². The van der Waals surface area contributed by atoms with Crippen molar-refractivity contribution in [3.8, 4) is 0 Å². The number of halogens is 1. The van der Waals surface area contributed by atoms with Crippen LogP contribution in [0.15, 0.2) is 33.9 Å². The first-order chi connectivity index (χ1) is 8.92. The summed E-state index contributed by atoms with van der Waals surface area (Å²) in [5.74, 6) is 0.270. The Hall–Kier alpha value is -1.41. The van der Waals surface area contributed by atoms with E-state index < -0.39 is 10.0 Å². The fourth-order valence-corrected chi connectivity index (χ4v) is 2.99. The summed E-state index contributed by atoms with van der Waals surface area (Å²) in [5.41, 5.74) is 0.464. The van der Waals surface area contributed by atoms with Crippen molar-refractivity contribution >= 4 is 31.8 Å². The van der Waals surface area contributed by atoms with Gasteiger partial charge in [-0.3, -0.25) is 9.40 Å². The highest BCUT2D eigenvalue weighted by Crippen LogP contribution is 2.18. The van der Waals surface area contributed by atoms with E-state index in [1.807, 2.05) is 6.92 Å². The smallest absolute Gasteiger partial charge is 0.266 e. The summed E-state index contributed by atoms with van der Waals surface area (Å²) in [6.07, 6.45) is 3.04. The van der Waals surface area contributed by atoms with E-state index in [4.69, 9.17) is 0 Å². The highest BCUT2D eigenvalue weighted by atomic mass is 79.9. The Morgan fingerprint density at radius 2 is 2.16 bits per heavy atom. The van der Waals surface area contributed by atoms with Crippen LogP contribution in [0.2, 0.25) is 0 Å². The summed E-state index contributed by atoms with van der Waals surface area (Å²) >= 11 is 3.24. The number of nitrogens with zero attached hydrogens (tertiary/aromatic N) is 3. The van der Waals surface area contributed by atoms with Gasteiger partial charge < -0.3 is 0 Å². The SMILES string of the molecule is CCn1cc(S(=O)(=O)Nc2ccc(Br)cn2)c(C)n1. The average molecular weight is 345 g/mol. The van der Waals surface area contributed by atoms with E-state index in [0.29, 0.717) is 12.2 Å². The maximum atomic E-state index is 12.2. The van der Waals surface area contributed by atoms with Crippen LogP contribution in [0.25, 0.3) is 0 Å². The van der Waals surface area contributed by atoms with E-state index in [-0.39, 0.29) is 10.7 Å². The molecule has 2 rings (SSSR count). The van der Waals surface area contributed by atoms with Gasteiger partial charge in [0, 0.05) is 23.4 Å². The molecule has 0 aliphatic carbocycles. The van der Waals surface area contributed by atoms with Gasteiger partial charge in [0.05, 0.1) is 5.69 Å². The molecule has 0 saturated heterocycles. The second-order valence-electron chi connectivity index (χ2n) is 3.90. The molecule has 6 nitrogen and oxygen atoms in total. The Morgan fingerprint density at radius 1 is 1.42 bits per heavy atom. The molecule has 2 heterocycles. The summed E-state index contributed by atoms with van der Waals surface area (Å²) in [6, 6.07) is 3.30. The second-order valence-corrected chi connectivity index (χ2v) is 6.47. The van der Waals surface area contributed by atoms with Gasteiger partial charge >= 0.3 is 0 Å². The molecule has 0 amide bonds. The number of pyridine rings is 1. The molecule has 0 spiro atoms. The normalized spacial score (nSPS) is 11.5. The highest BCUT2D eigenvalue weighted by Gasteiger charge is 2.20. The molecular weight excluding hydrogens is 332 g/mol. The average Bonchev–Trinajstić information content (AvgIpc) is 2.74. The molecule has 19 heavy (non-hydrogen) atoms. The monoisotopic (exact) mass is 344 g/mol. The molecule has 0 unspecified atom stereocenters. The molecule has 102 valence electrons. The second kappa shape index (κ2) is 5.30. The number of anilines is 1. The van der Waals surface area contributed by atoms with Crippen LogP contribution in [0.3, 0.4) is 0 Å². The number of aryl methyl sites for hydroxylation is 2. The molecule has 0 saturated carbocycles. The lowest BCUT2D eigenvalue weighted by atomic mass is 10.5. The minimum atomic E-state index is -3.66. The summed E-state index contributed by atoms with van der Waals surface area (Å²) in [6.45, 7) is 4.18. The van der Waals surface area contributed by atoms with Gasteiger partial charge in [0.2, 0.25) is 0 Å².